The van der Waals surface area contributed by atoms with Crippen molar-refractivity contribution in [2.24, 2.45) is 0 Å². The molecule has 0 amide bonds. The van der Waals surface area contributed by atoms with Crippen LogP contribution in [-0.4, -0.2) is 5.11 Å². The van der Waals surface area contributed by atoms with Crippen LogP contribution in [0.15, 0.2) is 72.8 Å². The van der Waals surface area contributed by atoms with Gasteiger partial charge in [-0.05, 0) is 51.4 Å². The van der Waals surface area contributed by atoms with Crippen LogP contribution in [0.4, 0.5) is 0 Å². The van der Waals surface area contributed by atoms with Gasteiger partial charge in [0, 0.05) is 10.6 Å². The van der Waals surface area contributed by atoms with Gasteiger partial charge >= 0.3 is 0 Å². The van der Waals surface area contributed by atoms with Crippen molar-refractivity contribution in [3.8, 4) is 16.9 Å². The van der Waals surface area contributed by atoms with Gasteiger partial charge in [-0.2, -0.15) is 0 Å². The SMILES string of the molecule is Oc1ccc(Cl)cc1-c1cc2ccccc2c2ccccc12. The molecule has 4 rings (SSSR count). The van der Waals surface area contributed by atoms with Crippen LogP contribution in [0, 0.1) is 0 Å². The van der Waals surface area contributed by atoms with E-state index in [1.807, 2.05) is 30.3 Å². The molecule has 22 heavy (non-hydrogen) atoms. The largest absolute Gasteiger partial charge is 0.507 e. The first-order valence-corrected chi connectivity index (χ1v) is 7.51. The Morgan fingerprint density at radius 3 is 2.14 bits per heavy atom. The third-order valence-electron chi connectivity index (χ3n) is 4.02. The van der Waals surface area contributed by atoms with Gasteiger partial charge in [0.15, 0.2) is 0 Å². The number of halogens is 1. The fourth-order valence-corrected chi connectivity index (χ4v) is 3.17. The summed E-state index contributed by atoms with van der Waals surface area (Å²) >= 11 is 6.13. The quantitative estimate of drug-likeness (QED) is 0.426. The van der Waals surface area contributed by atoms with E-state index in [2.05, 4.69) is 30.3 Å². The predicted molar refractivity (Wildman–Crippen MR) is 93.6 cm³/mol. The minimum atomic E-state index is 0.241. The van der Waals surface area contributed by atoms with Gasteiger partial charge in [0.1, 0.15) is 5.75 Å². The Kier molecular flexibility index (Phi) is 3.02. The Bertz CT molecular complexity index is 1000. The Hall–Kier alpha value is -2.51. The highest BCUT2D eigenvalue weighted by molar-refractivity contribution is 6.31. The molecule has 4 aromatic carbocycles. The van der Waals surface area contributed by atoms with Gasteiger partial charge in [0.25, 0.3) is 0 Å². The zero-order chi connectivity index (χ0) is 15.1. The highest BCUT2D eigenvalue weighted by atomic mass is 35.5. The number of fused-ring (bicyclic) bond motifs is 3. The highest BCUT2D eigenvalue weighted by Crippen LogP contribution is 2.39. The second-order valence-electron chi connectivity index (χ2n) is 5.35. The molecule has 0 atom stereocenters. The van der Waals surface area contributed by atoms with Crippen LogP contribution in [-0.2, 0) is 0 Å². The third kappa shape index (κ3) is 2.02. The number of aromatic hydroxyl groups is 1. The molecule has 0 radical (unpaired) electrons. The molecule has 0 saturated heterocycles. The van der Waals surface area contributed by atoms with E-state index in [1.54, 1.807) is 12.1 Å². The molecular weight excluding hydrogens is 292 g/mol. The van der Waals surface area contributed by atoms with E-state index in [0.29, 0.717) is 5.02 Å². The fourth-order valence-electron chi connectivity index (χ4n) is 3.00. The molecule has 0 saturated carbocycles. The lowest BCUT2D eigenvalue weighted by molar-refractivity contribution is 0.477. The van der Waals surface area contributed by atoms with E-state index in [4.69, 9.17) is 11.6 Å². The Morgan fingerprint density at radius 2 is 1.32 bits per heavy atom. The fraction of sp³-hybridized carbons (Fsp3) is 0. The number of phenols is 1. The van der Waals surface area contributed by atoms with Crippen LogP contribution in [0.2, 0.25) is 5.02 Å². The first-order valence-electron chi connectivity index (χ1n) is 7.13. The molecule has 0 aliphatic heterocycles. The van der Waals surface area contributed by atoms with Crippen molar-refractivity contribution in [1.29, 1.82) is 0 Å². The second kappa shape index (κ2) is 5.04. The molecule has 0 aliphatic carbocycles. The maximum Gasteiger partial charge on any atom is 0.123 e. The molecule has 4 aromatic rings. The smallest absolute Gasteiger partial charge is 0.123 e. The van der Waals surface area contributed by atoms with Crippen LogP contribution < -0.4 is 0 Å². The van der Waals surface area contributed by atoms with Crippen molar-refractivity contribution >= 4 is 33.1 Å². The van der Waals surface area contributed by atoms with Gasteiger partial charge in [-0.15, -0.1) is 0 Å². The average molecular weight is 305 g/mol. The van der Waals surface area contributed by atoms with E-state index >= 15 is 0 Å². The van der Waals surface area contributed by atoms with Gasteiger partial charge in [-0.25, -0.2) is 0 Å². The summed E-state index contributed by atoms with van der Waals surface area (Å²) in [6.45, 7) is 0. The molecule has 0 aromatic heterocycles. The molecule has 1 nitrogen and oxygen atoms in total. The zero-order valence-electron chi connectivity index (χ0n) is 11.8. The number of hydrogen-bond donors (Lipinski definition) is 1. The van der Waals surface area contributed by atoms with Crippen molar-refractivity contribution < 1.29 is 5.11 Å². The number of phenolic OH excluding ortho intramolecular Hbond substituents is 1. The maximum absolute atomic E-state index is 10.3. The summed E-state index contributed by atoms with van der Waals surface area (Å²) in [5.41, 5.74) is 1.75. The molecule has 1 N–H and O–H groups in total. The lowest BCUT2D eigenvalue weighted by Crippen LogP contribution is -1.85. The summed E-state index contributed by atoms with van der Waals surface area (Å²) in [7, 11) is 0. The topological polar surface area (TPSA) is 20.2 Å². The lowest BCUT2D eigenvalue weighted by Gasteiger charge is -2.12. The predicted octanol–water partition coefficient (Wildman–Crippen LogP) is 6.02. The van der Waals surface area contributed by atoms with Crippen molar-refractivity contribution in [1.82, 2.24) is 0 Å². The van der Waals surface area contributed by atoms with Gasteiger partial charge < -0.3 is 5.11 Å². The first kappa shape index (κ1) is 13.2. The standard InChI is InChI=1S/C20H13ClO/c21-14-9-10-20(22)19(12-14)18-11-13-5-1-2-6-15(13)16-7-3-4-8-17(16)18/h1-12,22H. The maximum atomic E-state index is 10.3. The summed E-state index contributed by atoms with van der Waals surface area (Å²) < 4.78 is 0. The van der Waals surface area contributed by atoms with Crippen molar-refractivity contribution in [3.05, 3.63) is 77.8 Å². The minimum absolute atomic E-state index is 0.241. The van der Waals surface area contributed by atoms with Crippen LogP contribution in [0.1, 0.15) is 0 Å². The second-order valence-corrected chi connectivity index (χ2v) is 5.79. The number of hydrogen-bond acceptors (Lipinski definition) is 1. The Morgan fingerprint density at radius 1 is 0.636 bits per heavy atom. The average Bonchev–Trinajstić information content (AvgIpc) is 2.56. The van der Waals surface area contributed by atoms with Crippen LogP contribution in [0.25, 0.3) is 32.7 Å². The van der Waals surface area contributed by atoms with E-state index in [9.17, 15) is 5.11 Å². The summed E-state index contributed by atoms with van der Waals surface area (Å²) in [6.07, 6.45) is 0. The first-order chi connectivity index (χ1) is 10.7. The number of benzene rings is 4. The van der Waals surface area contributed by atoms with Gasteiger partial charge in [0.05, 0.1) is 0 Å². The molecule has 0 heterocycles. The van der Waals surface area contributed by atoms with Crippen LogP contribution in [0.3, 0.4) is 0 Å². The van der Waals surface area contributed by atoms with E-state index in [0.717, 1.165) is 21.9 Å². The molecule has 0 fully saturated rings. The molecule has 0 aliphatic rings. The molecule has 0 unspecified atom stereocenters. The molecular formula is C20H13ClO. The molecule has 0 bridgehead atoms. The summed E-state index contributed by atoms with van der Waals surface area (Å²) in [5, 5.41) is 15.5. The van der Waals surface area contributed by atoms with Crippen molar-refractivity contribution in [2.45, 2.75) is 0 Å². The van der Waals surface area contributed by atoms with Gasteiger partial charge in [0.2, 0.25) is 0 Å². The summed E-state index contributed by atoms with van der Waals surface area (Å²) in [4.78, 5) is 0. The Balaban J connectivity index is 2.18. The van der Waals surface area contributed by atoms with Crippen molar-refractivity contribution in [2.75, 3.05) is 0 Å². The lowest BCUT2D eigenvalue weighted by atomic mass is 9.93. The normalized spacial score (nSPS) is 11.1. The van der Waals surface area contributed by atoms with E-state index in [1.165, 1.54) is 10.8 Å². The monoisotopic (exact) mass is 304 g/mol. The zero-order valence-corrected chi connectivity index (χ0v) is 12.5. The van der Waals surface area contributed by atoms with Crippen LogP contribution in [0.5, 0.6) is 5.75 Å². The molecule has 0 spiro atoms. The summed E-state index contributed by atoms with van der Waals surface area (Å²) in [6, 6.07) is 23.8. The minimum Gasteiger partial charge on any atom is -0.507 e. The van der Waals surface area contributed by atoms with E-state index < -0.39 is 0 Å². The van der Waals surface area contributed by atoms with E-state index in [-0.39, 0.29) is 5.75 Å². The van der Waals surface area contributed by atoms with Crippen molar-refractivity contribution in [3.63, 3.8) is 0 Å². The highest BCUT2D eigenvalue weighted by Gasteiger charge is 2.11. The number of rotatable bonds is 1. The molecule has 2 heteroatoms. The molecule has 106 valence electrons. The van der Waals surface area contributed by atoms with Crippen LogP contribution >= 0.6 is 11.6 Å². The van der Waals surface area contributed by atoms with Gasteiger partial charge in [-0.1, -0.05) is 60.1 Å². The summed E-state index contributed by atoms with van der Waals surface area (Å²) in [5.74, 6) is 0.241. The third-order valence-corrected chi connectivity index (χ3v) is 4.25. The Labute approximate surface area is 133 Å². The van der Waals surface area contributed by atoms with Gasteiger partial charge in [-0.3, -0.25) is 0 Å².